The average Bonchev–Trinajstić information content (AvgIpc) is 2.45. The predicted octanol–water partition coefficient (Wildman–Crippen LogP) is 3.96. The molecule has 1 aliphatic rings. The van der Waals surface area contributed by atoms with Crippen LogP contribution in [0.1, 0.15) is 11.7 Å². The minimum absolute atomic E-state index is 0.0363. The molecule has 1 unspecified atom stereocenters. The summed E-state index contributed by atoms with van der Waals surface area (Å²) in [6, 6.07) is 7.99. The van der Waals surface area contributed by atoms with E-state index in [4.69, 9.17) is 23.1 Å². The highest BCUT2D eigenvalue weighted by Gasteiger charge is 2.23. The molecule has 4 N–H and O–H groups in total. The third kappa shape index (κ3) is 2.50. The highest BCUT2D eigenvalue weighted by atomic mass is 79.9. The standard InChI is InChI=1S/C14H11BrClFN4/c15-9-5-13-8(4-12(9)18)14(19)21(6-20-13)7-1-2-11(17)10(16)3-7/h1-6,14H,18-19H2. The second-order valence-electron chi connectivity index (χ2n) is 4.63. The molecule has 1 heterocycles. The summed E-state index contributed by atoms with van der Waals surface area (Å²) < 4.78 is 14.0. The molecule has 0 saturated carbocycles. The smallest absolute Gasteiger partial charge is 0.141 e. The number of halogens is 3. The zero-order valence-electron chi connectivity index (χ0n) is 10.7. The molecule has 0 amide bonds. The van der Waals surface area contributed by atoms with Crippen molar-refractivity contribution in [3.05, 3.63) is 51.2 Å². The van der Waals surface area contributed by atoms with E-state index >= 15 is 0 Å². The lowest BCUT2D eigenvalue weighted by Gasteiger charge is -2.31. The van der Waals surface area contributed by atoms with E-state index < -0.39 is 12.0 Å². The Labute approximate surface area is 134 Å². The maximum Gasteiger partial charge on any atom is 0.141 e. The zero-order valence-corrected chi connectivity index (χ0v) is 13.1. The number of hydrogen-bond acceptors (Lipinski definition) is 4. The SMILES string of the molecule is Nc1cc2c(cc1Br)N=CN(c1ccc(F)c(Cl)c1)C2N. The van der Waals surface area contributed by atoms with E-state index in [9.17, 15) is 4.39 Å². The van der Waals surface area contributed by atoms with Crippen molar-refractivity contribution in [1.82, 2.24) is 0 Å². The Kier molecular flexibility index (Phi) is 3.61. The summed E-state index contributed by atoms with van der Waals surface area (Å²) in [5, 5.41) is 0.0363. The summed E-state index contributed by atoms with van der Waals surface area (Å²) in [4.78, 5) is 6.06. The summed E-state index contributed by atoms with van der Waals surface area (Å²) in [6.45, 7) is 0. The van der Waals surface area contributed by atoms with E-state index in [2.05, 4.69) is 20.9 Å². The van der Waals surface area contributed by atoms with Crippen molar-refractivity contribution in [2.45, 2.75) is 6.17 Å². The first-order chi connectivity index (χ1) is 9.97. The van der Waals surface area contributed by atoms with Crippen molar-refractivity contribution in [3.63, 3.8) is 0 Å². The number of rotatable bonds is 1. The van der Waals surface area contributed by atoms with Gasteiger partial charge in [-0.2, -0.15) is 0 Å². The van der Waals surface area contributed by atoms with Gasteiger partial charge in [0, 0.05) is 21.4 Å². The van der Waals surface area contributed by atoms with Crippen LogP contribution in [0.5, 0.6) is 0 Å². The van der Waals surface area contributed by atoms with Gasteiger partial charge in [0.1, 0.15) is 12.0 Å². The normalized spacial score (nSPS) is 17.0. The van der Waals surface area contributed by atoms with Gasteiger partial charge in [0.25, 0.3) is 0 Å². The quantitative estimate of drug-likeness (QED) is 0.748. The van der Waals surface area contributed by atoms with Gasteiger partial charge < -0.3 is 16.4 Å². The number of nitrogens with zero attached hydrogens (tertiary/aromatic N) is 2. The van der Waals surface area contributed by atoms with Gasteiger partial charge in [-0.05, 0) is 46.3 Å². The fourth-order valence-corrected chi connectivity index (χ4v) is 2.67. The molecule has 108 valence electrons. The fourth-order valence-electron chi connectivity index (χ4n) is 2.16. The van der Waals surface area contributed by atoms with Crippen LogP contribution >= 0.6 is 27.5 Å². The summed E-state index contributed by atoms with van der Waals surface area (Å²) in [6.07, 6.45) is 1.12. The Bertz CT molecular complexity index is 750. The number of nitrogen functional groups attached to an aromatic ring is 1. The van der Waals surface area contributed by atoms with Gasteiger partial charge in [0.2, 0.25) is 0 Å². The number of benzene rings is 2. The van der Waals surface area contributed by atoms with Crippen LogP contribution in [-0.4, -0.2) is 6.34 Å². The molecule has 3 rings (SSSR count). The maximum atomic E-state index is 13.3. The van der Waals surface area contributed by atoms with E-state index in [-0.39, 0.29) is 5.02 Å². The molecule has 0 spiro atoms. The molecule has 0 aliphatic carbocycles. The van der Waals surface area contributed by atoms with Gasteiger partial charge in [0.05, 0.1) is 17.0 Å². The Morgan fingerprint density at radius 1 is 1.29 bits per heavy atom. The topological polar surface area (TPSA) is 67.6 Å². The van der Waals surface area contributed by atoms with Crippen LogP contribution in [0.15, 0.2) is 39.8 Å². The zero-order chi connectivity index (χ0) is 15.1. The summed E-state index contributed by atoms with van der Waals surface area (Å²) in [5.74, 6) is -0.475. The van der Waals surface area contributed by atoms with E-state index in [0.29, 0.717) is 11.4 Å². The molecule has 21 heavy (non-hydrogen) atoms. The van der Waals surface area contributed by atoms with Gasteiger partial charge in [-0.15, -0.1) is 0 Å². The first-order valence-electron chi connectivity index (χ1n) is 6.09. The number of nitrogens with two attached hydrogens (primary N) is 2. The minimum Gasteiger partial charge on any atom is -0.398 e. The second-order valence-corrected chi connectivity index (χ2v) is 5.89. The van der Waals surface area contributed by atoms with Crippen molar-refractivity contribution >= 4 is 50.9 Å². The van der Waals surface area contributed by atoms with Crippen molar-refractivity contribution in [2.24, 2.45) is 10.7 Å². The van der Waals surface area contributed by atoms with Gasteiger partial charge in [0.15, 0.2) is 0 Å². The molecule has 1 atom stereocenters. The molecule has 2 aromatic carbocycles. The first kappa shape index (κ1) is 14.3. The Balaban J connectivity index is 2.04. The Morgan fingerprint density at radius 3 is 2.76 bits per heavy atom. The monoisotopic (exact) mass is 368 g/mol. The number of fused-ring (bicyclic) bond motifs is 1. The van der Waals surface area contributed by atoms with Crippen molar-refractivity contribution < 1.29 is 4.39 Å². The third-order valence-electron chi connectivity index (χ3n) is 3.29. The summed E-state index contributed by atoms with van der Waals surface area (Å²) in [5.41, 5.74) is 14.9. The highest BCUT2D eigenvalue weighted by Crippen LogP contribution is 2.38. The molecule has 0 radical (unpaired) electrons. The van der Waals surface area contributed by atoms with E-state index in [1.165, 1.54) is 12.1 Å². The maximum absolute atomic E-state index is 13.3. The average molecular weight is 370 g/mol. The Hall–Kier alpha value is -1.63. The van der Waals surface area contributed by atoms with Crippen LogP contribution in [0.4, 0.5) is 21.5 Å². The van der Waals surface area contributed by atoms with Gasteiger partial charge >= 0.3 is 0 Å². The molecule has 1 aliphatic heterocycles. The van der Waals surface area contributed by atoms with Gasteiger partial charge in [-0.3, -0.25) is 0 Å². The lowest BCUT2D eigenvalue weighted by atomic mass is 10.1. The van der Waals surface area contributed by atoms with Crippen LogP contribution in [0.2, 0.25) is 5.02 Å². The lowest BCUT2D eigenvalue weighted by Crippen LogP contribution is -2.35. The van der Waals surface area contributed by atoms with E-state index in [1.54, 1.807) is 23.4 Å². The van der Waals surface area contributed by atoms with Crippen molar-refractivity contribution in [1.29, 1.82) is 0 Å². The van der Waals surface area contributed by atoms with Gasteiger partial charge in [-0.25, -0.2) is 9.38 Å². The number of anilines is 2. The van der Waals surface area contributed by atoms with Crippen LogP contribution in [0.3, 0.4) is 0 Å². The lowest BCUT2D eigenvalue weighted by molar-refractivity contribution is 0.627. The van der Waals surface area contributed by atoms with Crippen LogP contribution in [0, 0.1) is 5.82 Å². The van der Waals surface area contributed by atoms with E-state index in [1.807, 2.05) is 6.07 Å². The molecule has 0 fully saturated rings. The second kappa shape index (κ2) is 5.29. The first-order valence-corrected chi connectivity index (χ1v) is 7.26. The molecule has 4 nitrogen and oxygen atoms in total. The molecule has 0 saturated heterocycles. The molecule has 0 bridgehead atoms. The largest absolute Gasteiger partial charge is 0.398 e. The molecule has 0 aromatic heterocycles. The van der Waals surface area contributed by atoms with Crippen LogP contribution in [0.25, 0.3) is 0 Å². The summed E-state index contributed by atoms with van der Waals surface area (Å²) >= 11 is 9.17. The highest BCUT2D eigenvalue weighted by molar-refractivity contribution is 9.10. The molecule has 7 heteroatoms. The van der Waals surface area contributed by atoms with Gasteiger partial charge in [-0.1, -0.05) is 11.6 Å². The Morgan fingerprint density at radius 2 is 2.05 bits per heavy atom. The van der Waals surface area contributed by atoms with E-state index in [0.717, 1.165) is 15.7 Å². The third-order valence-corrected chi connectivity index (χ3v) is 4.26. The number of hydrogen-bond donors (Lipinski definition) is 2. The fraction of sp³-hybridized carbons (Fsp3) is 0.0714. The van der Waals surface area contributed by atoms with Crippen molar-refractivity contribution in [3.8, 4) is 0 Å². The van der Waals surface area contributed by atoms with Crippen LogP contribution < -0.4 is 16.4 Å². The molecule has 2 aromatic rings. The minimum atomic E-state index is -0.477. The van der Waals surface area contributed by atoms with Crippen LogP contribution in [-0.2, 0) is 0 Å². The summed E-state index contributed by atoms with van der Waals surface area (Å²) in [7, 11) is 0. The van der Waals surface area contributed by atoms with Crippen molar-refractivity contribution in [2.75, 3.05) is 10.6 Å². The molecular formula is C14H11BrClFN4. The predicted molar refractivity (Wildman–Crippen MR) is 87.5 cm³/mol. The molecular weight excluding hydrogens is 359 g/mol. The number of aliphatic imine (C=N–C) groups is 1.